The molecule has 0 saturated carbocycles. The lowest BCUT2D eigenvalue weighted by molar-refractivity contribution is 0.1000. The number of rotatable bonds is 6. The summed E-state index contributed by atoms with van der Waals surface area (Å²) in [4.78, 5) is 15.7. The van der Waals surface area contributed by atoms with E-state index in [-0.39, 0.29) is 0 Å². The average Bonchev–Trinajstić information content (AvgIpc) is 2.46. The van der Waals surface area contributed by atoms with Crippen molar-refractivity contribution < 1.29 is 4.79 Å². The van der Waals surface area contributed by atoms with Gasteiger partial charge in [-0.1, -0.05) is 24.3 Å². The first-order valence-corrected chi connectivity index (χ1v) is 6.89. The summed E-state index contributed by atoms with van der Waals surface area (Å²) in [6.07, 6.45) is 2.54. The lowest BCUT2D eigenvalue weighted by atomic mass is 10.1. The van der Waals surface area contributed by atoms with Gasteiger partial charge in [0.25, 0.3) is 5.91 Å². The van der Waals surface area contributed by atoms with Crippen LogP contribution in [0.5, 0.6) is 0 Å². The third kappa shape index (κ3) is 3.79. The standard InChI is InChI=1S/C16H20N4O/c1-11-7-9-19-16(14(11)15(18)21)20-10-13-4-2-12(3-5-13)6-8-17/h2-5,7,9H,6,8,10,17H2,1H3,(H2,18,21)(H,19,20). The summed E-state index contributed by atoms with van der Waals surface area (Å²) < 4.78 is 0. The normalized spacial score (nSPS) is 10.4. The number of hydrogen-bond acceptors (Lipinski definition) is 4. The molecule has 0 aliphatic rings. The molecule has 1 amide bonds. The van der Waals surface area contributed by atoms with E-state index in [1.54, 1.807) is 12.3 Å². The number of aryl methyl sites for hydroxylation is 1. The second-order valence-electron chi connectivity index (χ2n) is 4.92. The quantitative estimate of drug-likeness (QED) is 0.751. The molecule has 110 valence electrons. The Balaban J connectivity index is 2.09. The fraction of sp³-hybridized carbons (Fsp3) is 0.250. The molecule has 5 heteroatoms. The van der Waals surface area contributed by atoms with Gasteiger partial charge in [0.05, 0.1) is 5.56 Å². The van der Waals surface area contributed by atoms with Crippen LogP contribution in [0.4, 0.5) is 5.82 Å². The first kappa shape index (κ1) is 15.0. The number of anilines is 1. The topological polar surface area (TPSA) is 94.0 Å². The Morgan fingerprint density at radius 1 is 1.19 bits per heavy atom. The van der Waals surface area contributed by atoms with E-state index in [0.717, 1.165) is 17.5 Å². The minimum Gasteiger partial charge on any atom is -0.365 e. The van der Waals surface area contributed by atoms with Crippen molar-refractivity contribution in [3.8, 4) is 0 Å². The largest absolute Gasteiger partial charge is 0.365 e. The lowest BCUT2D eigenvalue weighted by Gasteiger charge is -2.11. The Kier molecular flexibility index (Phi) is 4.90. The van der Waals surface area contributed by atoms with Gasteiger partial charge in [-0.25, -0.2) is 4.98 Å². The molecule has 0 radical (unpaired) electrons. The van der Waals surface area contributed by atoms with Crippen LogP contribution < -0.4 is 16.8 Å². The number of amides is 1. The summed E-state index contributed by atoms with van der Waals surface area (Å²) in [5, 5.41) is 3.17. The first-order chi connectivity index (χ1) is 10.1. The lowest BCUT2D eigenvalue weighted by Crippen LogP contribution is -2.17. The summed E-state index contributed by atoms with van der Waals surface area (Å²) >= 11 is 0. The van der Waals surface area contributed by atoms with E-state index < -0.39 is 5.91 Å². The summed E-state index contributed by atoms with van der Waals surface area (Å²) in [5.74, 6) is 0.0509. The highest BCUT2D eigenvalue weighted by Gasteiger charge is 2.12. The Hall–Kier alpha value is -2.40. The zero-order valence-corrected chi connectivity index (χ0v) is 12.1. The third-order valence-corrected chi connectivity index (χ3v) is 3.32. The van der Waals surface area contributed by atoms with E-state index in [1.807, 2.05) is 19.1 Å². The van der Waals surface area contributed by atoms with Gasteiger partial charge < -0.3 is 16.8 Å². The van der Waals surface area contributed by atoms with Gasteiger partial charge in [-0.3, -0.25) is 4.79 Å². The second kappa shape index (κ2) is 6.85. The minimum atomic E-state index is -0.471. The van der Waals surface area contributed by atoms with Gasteiger partial charge in [-0.15, -0.1) is 0 Å². The Morgan fingerprint density at radius 2 is 1.86 bits per heavy atom. The molecular formula is C16H20N4O. The van der Waals surface area contributed by atoms with Crippen LogP contribution in [0.3, 0.4) is 0 Å². The number of nitrogens with zero attached hydrogens (tertiary/aromatic N) is 1. The molecule has 0 bridgehead atoms. The van der Waals surface area contributed by atoms with Crippen molar-refractivity contribution in [1.82, 2.24) is 4.98 Å². The van der Waals surface area contributed by atoms with Crippen LogP contribution in [-0.4, -0.2) is 17.4 Å². The van der Waals surface area contributed by atoms with E-state index in [4.69, 9.17) is 11.5 Å². The SMILES string of the molecule is Cc1ccnc(NCc2ccc(CCN)cc2)c1C(N)=O. The van der Waals surface area contributed by atoms with E-state index in [2.05, 4.69) is 22.4 Å². The highest BCUT2D eigenvalue weighted by Crippen LogP contribution is 2.17. The van der Waals surface area contributed by atoms with Gasteiger partial charge >= 0.3 is 0 Å². The molecule has 2 rings (SSSR count). The Bertz CT molecular complexity index is 623. The van der Waals surface area contributed by atoms with Crippen molar-refractivity contribution >= 4 is 11.7 Å². The maximum atomic E-state index is 11.5. The fourth-order valence-corrected chi connectivity index (χ4v) is 2.18. The molecule has 5 N–H and O–H groups in total. The van der Waals surface area contributed by atoms with Crippen LogP contribution in [-0.2, 0) is 13.0 Å². The fourth-order valence-electron chi connectivity index (χ4n) is 2.18. The first-order valence-electron chi connectivity index (χ1n) is 6.89. The number of nitrogens with two attached hydrogens (primary N) is 2. The summed E-state index contributed by atoms with van der Waals surface area (Å²) in [5.41, 5.74) is 14.5. The number of pyridine rings is 1. The summed E-state index contributed by atoms with van der Waals surface area (Å²) in [6, 6.07) is 9.97. The van der Waals surface area contributed by atoms with Crippen molar-refractivity contribution in [3.63, 3.8) is 0 Å². The molecule has 0 aliphatic carbocycles. The maximum Gasteiger partial charge on any atom is 0.252 e. The smallest absolute Gasteiger partial charge is 0.252 e. The molecule has 1 aromatic carbocycles. The van der Waals surface area contributed by atoms with Gasteiger partial charge in [-0.05, 0) is 42.6 Å². The highest BCUT2D eigenvalue weighted by molar-refractivity contribution is 5.98. The number of nitrogens with one attached hydrogen (secondary N) is 1. The Morgan fingerprint density at radius 3 is 2.48 bits per heavy atom. The number of hydrogen-bond donors (Lipinski definition) is 3. The van der Waals surface area contributed by atoms with E-state index in [0.29, 0.717) is 24.5 Å². The van der Waals surface area contributed by atoms with Crippen molar-refractivity contribution in [3.05, 3.63) is 58.8 Å². The molecule has 0 saturated heterocycles. The zero-order chi connectivity index (χ0) is 15.2. The van der Waals surface area contributed by atoms with Crippen molar-refractivity contribution in [1.29, 1.82) is 0 Å². The van der Waals surface area contributed by atoms with E-state index in [9.17, 15) is 4.79 Å². The number of carbonyl (C=O) groups is 1. The third-order valence-electron chi connectivity index (χ3n) is 3.32. The molecule has 0 aliphatic heterocycles. The van der Waals surface area contributed by atoms with Crippen LogP contribution in [0, 0.1) is 6.92 Å². The molecular weight excluding hydrogens is 264 g/mol. The van der Waals surface area contributed by atoms with E-state index >= 15 is 0 Å². The van der Waals surface area contributed by atoms with E-state index in [1.165, 1.54) is 5.56 Å². The number of primary amides is 1. The number of benzene rings is 1. The van der Waals surface area contributed by atoms with Crippen LogP contribution in [0.2, 0.25) is 0 Å². The summed E-state index contributed by atoms with van der Waals surface area (Å²) in [7, 11) is 0. The monoisotopic (exact) mass is 284 g/mol. The van der Waals surface area contributed by atoms with Gasteiger partial charge in [0, 0.05) is 12.7 Å². The molecule has 5 nitrogen and oxygen atoms in total. The van der Waals surface area contributed by atoms with Crippen molar-refractivity contribution in [2.75, 3.05) is 11.9 Å². The molecule has 0 spiro atoms. The van der Waals surface area contributed by atoms with Crippen LogP contribution in [0.25, 0.3) is 0 Å². The van der Waals surface area contributed by atoms with Gasteiger partial charge in [0.1, 0.15) is 5.82 Å². The Labute approximate surface area is 124 Å². The van der Waals surface area contributed by atoms with Crippen molar-refractivity contribution in [2.45, 2.75) is 19.9 Å². The molecule has 2 aromatic rings. The molecule has 0 unspecified atom stereocenters. The van der Waals surface area contributed by atoms with Crippen LogP contribution >= 0.6 is 0 Å². The van der Waals surface area contributed by atoms with Gasteiger partial charge in [0.2, 0.25) is 0 Å². The number of carbonyl (C=O) groups excluding carboxylic acids is 1. The zero-order valence-electron chi connectivity index (χ0n) is 12.1. The van der Waals surface area contributed by atoms with Crippen LogP contribution in [0.15, 0.2) is 36.5 Å². The maximum absolute atomic E-state index is 11.5. The minimum absolute atomic E-state index is 0.442. The number of aromatic nitrogens is 1. The summed E-state index contributed by atoms with van der Waals surface area (Å²) in [6.45, 7) is 3.07. The average molecular weight is 284 g/mol. The second-order valence-corrected chi connectivity index (χ2v) is 4.92. The predicted molar refractivity (Wildman–Crippen MR) is 84.0 cm³/mol. The molecule has 0 atom stereocenters. The van der Waals surface area contributed by atoms with Gasteiger partial charge in [-0.2, -0.15) is 0 Å². The van der Waals surface area contributed by atoms with Crippen LogP contribution in [0.1, 0.15) is 27.0 Å². The van der Waals surface area contributed by atoms with Gasteiger partial charge in [0.15, 0.2) is 0 Å². The van der Waals surface area contributed by atoms with Crippen molar-refractivity contribution in [2.24, 2.45) is 11.5 Å². The molecule has 1 aromatic heterocycles. The highest BCUT2D eigenvalue weighted by atomic mass is 16.1. The molecule has 0 fully saturated rings. The predicted octanol–water partition coefficient (Wildman–Crippen LogP) is 1.60. The molecule has 21 heavy (non-hydrogen) atoms. The molecule has 1 heterocycles.